The van der Waals surface area contributed by atoms with Crippen LogP contribution in [-0.4, -0.2) is 50.4 Å². The average Bonchev–Trinajstić information content (AvgIpc) is 3.50. The molecule has 1 fully saturated rings. The normalized spacial score (nSPS) is 14.3. The van der Waals surface area contributed by atoms with E-state index in [0.717, 1.165) is 30.0 Å². The van der Waals surface area contributed by atoms with Crippen LogP contribution in [0.2, 0.25) is 0 Å². The number of halogens is 1. The molecule has 1 saturated carbocycles. The summed E-state index contributed by atoms with van der Waals surface area (Å²) in [6, 6.07) is 19.4. The standard InChI is InChI=1S/C32H38FN3O5S/c1-3-28(32(38)34-26-12-8-9-13-26)35(22-24-18-20-25(33)21-19-24)31(37)23-36(29-16-10-11-17-30(29)41-4-2)42(39,40)27-14-6-5-7-15-27/h5-7,10-11,14-21,26,28H,3-4,8-9,12-13,22-23H2,1-2H3,(H,34,38). The number of benzene rings is 3. The molecule has 224 valence electrons. The Kier molecular flexibility index (Phi) is 10.6. The molecule has 10 heteroatoms. The quantitative estimate of drug-likeness (QED) is 0.290. The Morgan fingerprint density at radius 3 is 2.24 bits per heavy atom. The molecule has 42 heavy (non-hydrogen) atoms. The van der Waals surface area contributed by atoms with Gasteiger partial charge in [-0.2, -0.15) is 0 Å². The van der Waals surface area contributed by atoms with Crippen LogP contribution >= 0.6 is 0 Å². The van der Waals surface area contributed by atoms with Crippen LogP contribution in [0.25, 0.3) is 0 Å². The van der Waals surface area contributed by atoms with Gasteiger partial charge in [0.2, 0.25) is 11.8 Å². The highest BCUT2D eigenvalue weighted by atomic mass is 32.2. The number of anilines is 1. The van der Waals surface area contributed by atoms with Gasteiger partial charge in [-0.1, -0.05) is 62.2 Å². The Balaban J connectivity index is 1.74. The number of ether oxygens (including phenoxy) is 1. The van der Waals surface area contributed by atoms with E-state index >= 15 is 0 Å². The first-order chi connectivity index (χ1) is 20.2. The van der Waals surface area contributed by atoms with Gasteiger partial charge in [-0.05, 0) is 68.1 Å². The number of para-hydroxylation sites is 2. The Bertz CT molecular complexity index is 1440. The summed E-state index contributed by atoms with van der Waals surface area (Å²) in [6.45, 7) is 3.32. The van der Waals surface area contributed by atoms with Gasteiger partial charge in [0.1, 0.15) is 24.2 Å². The van der Waals surface area contributed by atoms with Crippen LogP contribution in [0.1, 0.15) is 51.5 Å². The smallest absolute Gasteiger partial charge is 0.264 e. The monoisotopic (exact) mass is 595 g/mol. The van der Waals surface area contributed by atoms with Crippen LogP contribution in [0.3, 0.4) is 0 Å². The van der Waals surface area contributed by atoms with Gasteiger partial charge in [-0.15, -0.1) is 0 Å². The molecule has 1 aliphatic carbocycles. The molecule has 0 bridgehead atoms. The zero-order chi connectivity index (χ0) is 30.1. The van der Waals surface area contributed by atoms with Gasteiger partial charge in [0, 0.05) is 12.6 Å². The van der Waals surface area contributed by atoms with E-state index in [4.69, 9.17) is 4.74 Å². The summed E-state index contributed by atoms with van der Waals surface area (Å²) in [7, 11) is -4.22. The first kappa shape index (κ1) is 31.0. The number of hydrogen-bond donors (Lipinski definition) is 1. The number of sulfonamides is 1. The minimum Gasteiger partial charge on any atom is -0.492 e. The summed E-state index contributed by atoms with van der Waals surface area (Å²) in [6.07, 6.45) is 4.14. The van der Waals surface area contributed by atoms with Crippen molar-refractivity contribution >= 4 is 27.5 Å². The molecular weight excluding hydrogens is 557 g/mol. The number of amides is 2. The first-order valence-corrected chi connectivity index (χ1v) is 15.8. The Hall–Kier alpha value is -3.92. The Labute approximate surface area is 247 Å². The van der Waals surface area contributed by atoms with E-state index in [2.05, 4.69) is 5.32 Å². The highest BCUT2D eigenvalue weighted by Crippen LogP contribution is 2.33. The number of carbonyl (C=O) groups is 2. The summed E-state index contributed by atoms with van der Waals surface area (Å²) in [5.41, 5.74) is 0.825. The molecule has 3 aromatic carbocycles. The molecule has 0 radical (unpaired) electrons. The number of nitrogens with zero attached hydrogens (tertiary/aromatic N) is 2. The average molecular weight is 596 g/mol. The van der Waals surface area contributed by atoms with Crippen molar-refractivity contribution in [2.24, 2.45) is 0 Å². The maximum absolute atomic E-state index is 14.2. The van der Waals surface area contributed by atoms with E-state index < -0.39 is 34.3 Å². The third-order valence-electron chi connectivity index (χ3n) is 7.40. The molecule has 0 heterocycles. The van der Waals surface area contributed by atoms with Crippen molar-refractivity contribution in [2.75, 3.05) is 17.5 Å². The predicted octanol–water partition coefficient (Wildman–Crippen LogP) is 5.29. The minimum absolute atomic E-state index is 0.00202. The lowest BCUT2D eigenvalue weighted by atomic mass is 10.1. The molecule has 0 aromatic heterocycles. The summed E-state index contributed by atoms with van der Waals surface area (Å²) < 4.78 is 48.5. The fourth-order valence-corrected chi connectivity index (χ4v) is 6.69. The minimum atomic E-state index is -4.22. The molecule has 2 amide bonds. The topological polar surface area (TPSA) is 96.0 Å². The van der Waals surface area contributed by atoms with Crippen LogP contribution in [0.5, 0.6) is 5.75 Å². The summed E-state index contributed by atoms with van der Waals surface area (Å²) in [5, 5.41) is 3.08. The number of carbonyl (C=O) groups excluding carboxylic acids is 2. The Morgan fingerprint density at radius 2 is 1.60 bits per heavy atom. The van der Waals surface area contributed by atoms with Gasteiger partial charge in [-0.25, -0.2) is 12.8 Å². The molecular formula is C32H38FN3O5S. The van der Waals surface area contributed by atoms with E-state index in [1.54, 1.807) is 61.5 Å². The summed E-state index contributed by atoms with van der Waals surface area (Å²) in [4.78, 5) is 29.1. The number of hydrogen-bond acceptors (Lipinski definition) is 5. The predicted molar refractivity (Wildman–Crippen MR) is 160 cm³/mol. The molecule has 1 aliphatic rings. The van der Waals surface area contributed by atoms with Crippen LogP contribution < -0.4 is 14.4 Å². The second-order valence-corrected chi connectivity index (χ2v) is 12.1. The highest BCUT2D eigenvalue weighted by molar-refractivity contribution is 7.92. The number of nitrogens with one attached hydrogen (secondary N) is 1. The second kappa shape index (κ2) is 14.3. The van der Waals surface area contributed by atoms with Gasteiger partial charge in [0.05, 0.1) is 17.2 Å². The van der Waals surface area contributed by atoms with Gasteiger partial charge >= 0.3 is 0 Å². The van der Waals surface area contributed by atoms with E-state index in [9.17, 15) is 22.4 Å². The second-order valence-electron chi connectivity index (χ2n) is 10.3. The fraction of sp³-hybridized carbons (Fsp3) is 0.375. The van der Waals surface area contributed by atoms with Crippen molar-refractivity contribution in [3.8, 4) is 5.75 Å². The number of rotatable bonds is 13. The molecule has 1 atom stereocenters. The van der Waals surface area contributed by atoms with Crippen LogP contribution in [0, 0.1) is 5.82 Å². The van der Waals surface area contributed by atoms with Crippen molar-refractivity contribution in [1.82, 2.24) is 10.2 Å². The SMILES string of the molecule is CCOc1ccccc1N(CC(=O)N(Cc1ccc(F)cc1)C(CC)C(=O)NC1CCCC1)S(=O)(=O)c1ccccc1. The van der Waals surface area contributed by atoms with Crippen molar-refractivity contribution in [2.45, 2.75) is 69.5 Å². The molecule has 1 unspecified atom stereocenters. The van der Waals surface area contributed by atoms with Crippen LogP contribution in [0.4, 0.5) is 10.1 Å². The van der Waals surface area contributed by atoms with Crippen molar-refractivity contribution in [3.63, 3.8) is 0 Å². The first-order valence-electron chi connectivity index (χ1n) is 14.4. The summed E-state index contributed by atoms with van der Waals surface area (Å²) in [5.74, 6) is -0.968. The van der Waals surface area contributed by atoms with Gasteiger partial charge < -0.3 is 15.0 Å². The summed E-state index contributed by atoms with van der Waals surface area (Å²) >= 11 is 0. The molecule has 4 rings (SSSR count). The zero-order valence-electron chi connectivity index (χ0n) is 24.0. The lowest BCUT2D eigenvalue weighted by Crippen LogP contribution is -2.53. The van der Waals surface area contributed by atoms with E-state index in [1.807, 2.05) is 6.92 Å². The lowest BCUT2D eigenvalue weighted by molar-refractivity contribution is -0.140. The van der Waals surface area contributed by atoms with Gasteiger partial charge in [0.15, 0.2) is 0 Å². The van der Waals surface area contributed by atoms with E-state index in [1.165, 1.54) is 29.2 Å². The van der Waals surface area contributed by atoms with E-state index in [-0.39, 0.29) is 29.1 Å². The highest BCUT2D eigenvalue weighted by Gasteiger charge is 2.35. The van der Waals surface area contributed by atoms with E-state index in [0.29, 0.717) is 24.3 Å². The third kappa shape index (κ3) is 7.47. The third-order valence-corrected chi connectivity index (χ3v) is 9.17. The lowest BCUT2D eigenvalue weighted by Gasteiger charge is -2.34. The molecule has 1 N–H and O–H groups in total. The fourth-order valence-electron chi connectivity index (χ4n) is 5.25. The van der Waals surface area contributed by atoms with Crippen LogP contribution in [-0.2, 0) is 26.2 Å². The zero-order valence-corrected chi connectivity index (χ0v) is 24.9. The van der Waals surface area contributed by atoms with Crippen molar-refractivity contribution < 1.29 is 27.1 Å². The maximum atomic E-state index is 14.2. The maximum Gasteiger partial charge on any atom is 0.264 e. The van der Waals surface area contributed by atoms with Crippen molar-refractivity contribution in [1.29, 1.82) is 0 Å². The Morgan fingerprint density at radius 1 is 0.952 bits per heavy atom. The molecule has 8 nitrogen and oxygen atoms in total. The molecule has 0 aliphatic heterocycles. The van der Waals surface area contributed by atoms with Crippen molar-refractivity contribution in [3.05, 3.63) is 90.2 Å². The molecule has 3 aromatic rings. The van der Waals surface area contributed by atoms with Gasteiger partial charge in [0.25, 0.3) is 10.0 Å². The molecule has 0 spiro atoms. The van der Waals surface area contributed by atoms with Crippen LogP contribution in [0.15, 0.2) is 83.8 Å². The largest absolute Gasteiger partial charge is 0.492 e. The van der Waals surface area contributed by atoms with Gasteiger partial charge in [-0.3, -0.25) is 13.9 Å². The molecule has 0 saturated heterocycles.